The Hall–Kier alpha value is -2.69. The summed E-state index contributed by atoms with van der Waals surface area (Å²) in [4.78, 5) is -0.00913. The zero-order valence-corrected chi connectivity index (χ0v) is 20.2. The van der Waals surface area contributed by atoms with E-state index in [1.807, 2.05) is 12.1 Å². The maximum Gasteiger partial charge on any atom is 0.203 e. The molecule has 0 aliphatic carbocycles. The molecule has 0 spiro atoms. The van der Waals surface area contributed by atoms with E-state index in [4.69, 9.17) is 33.5 Å². The van der Waals surface area contributed by atoms with Gasteiger partial charge in [-0.2, -0.15) is 0 Å². The molecular weight excluding hydrogens is 452 g/mol. The van der Waals surface area contributed by atoms with Gasteiger partial charge in [0.1, 0.15) is 11.5 Å². The molecule has 1 aliphatic heterocycles. The van der Waals surface area contributed by atoms with Gasteiger partial charge in [-0.05, 0) is 48.2 Å². The molecule has 33 heavy (non-hydrogen) atoms. The minimum atomic E-state index is -3.63. The van der Waals surface area contributed by atoms with E-state index in [-0.39, 0.29) is 41.8 Å². The highest BCUT2D eigenvalue weighted by Crippen LogP contribution is 2.47. The molecule has 0 saturated carbocycles. The Kier molecular flexibility index (Phi) is 7.93. The third-order valence-electron chi connectivity index (χ3n) is 5.45. The number of aliphatic hydroxyl groups excluding tert-OH is 1. The van der Waals surface area contributed by atoms with Gasteiger partial charge in [0.25, 0.3) is 0 Å². The van der Waals surface area contributed by atoms with Gasteiger partial charge in [0, 0.05) is 6.26 Å². The summed E-state index contributed by atoms with van der Waals surface area (Å²) < 4.78 is 58.4. The summed E-state index contributed by atoms with van der Waals surface area (Å²) in [5, 5.41) is 9.10. The second-order valence-corrected chi connectivity index (χ2v) is 9.53. The van der Waals surface area contributed by atoms with E-state index in [0.29, 0.717) is 35.7 Å². The Morgan fingerprint density at radius 2 is 1.33 bits per heavy atom. The van der Waals surface area contributed by atoms with Crippen LogP contribution < -0.4 is 23.7 Å². The average Bonchev–Trinajstić information content (AvgIpc) is 3.30. The van der Waals surface area contributed by atoms with Crippen LogP contribution in [0.2, 0.25) is 0 Å². The van der Waals surface area contributed by atoms with Crippen molar-refractivity contribution in [2.75, 3.05) is 47.9 Å². The highest BCUT2D eigenvalue weighted by molar-refractivity contribution is 7.90. The number of hydrogen-bond acceptors (Lipinski definition) is 9. The van der Waals surface area contributed by atoms with E-state index >= 15 is 0 Å². The van der Waals surface area contributed by atoms with Crippen LogP contribution >= 0.6 is 0 Å². The van der Waals surface area contributed by atoms with Gasteiger partial charge in [0.2, 0.25) is 5.75 Å². The molecule has 0 aromatic heterocycles. The van der Waals surface area contributed by atoms with E-state index in [2.05, 4.69) is 0 Å². The van der Waals surface area contributed by atoms with Crippen LogP contribution in [0.1, 0.15) is 36.2 Å². The van der Waals surface area contributed by atoms with Crippen molar-refractivity contribution in [3.05, 3.63) is 35.4 Å². The Balaban J connectivity index is 1.95. The van der Waals surface area contributed by atoms with Gasteiger partial charge in [-0.15, -0.1) is 0 Å². The molecule has 182 valence electrons. The van der Waals surface area contributed by atoms with Gasteiger partial charge in [0.05, 0.1) is 47.3 Å². The first-order valence-electron chi connectivity index (χ1n) is 10.4. The average molecular weight is 483 g/mol. The summed E-state index contributed by atoms with van der Waals surface area (Å²) in [5.74, 6) is 1.91. The molecule has 0 bridgehead atoms. The summed E-state index contributed by atoms with van der Waals surface area (Å²) in [5.41, 5.74) is 1.53. The van der Waals surface area contributed by atoms with Crippen LogP contribution in [0.3, 0.4) is 0 Å². The Labute approximate surface area is 194 Å². The fourth-order valence-electron chi connectivity index (χ4n) is 3.91. The maximum absolute atomic E-state index is 12.5. The molecule has 10 heteroatoms. The predicted octanol–water partition coefficient (Wildman–Crippen LogP) is 3.09. The van der Waals surface area contributed by atoms with Crippen molar-refractivity contribution < 1.29 is 41.9 Å². The first kappa shape index (κ1) is 24.9. The molecule has 1 fully saturated rings. The lowest BCUT2D eigenvalue weighted by Gasteiger charge is -2.20. The second kappa shape index (κ2) is 10.5. The summed E-state index contributed by atoms with van der Waals surface area (Å²) in [6.45, 7) is -0.308. The van der Waals surface area contributed by atoms with Gasteiger partial charge in [-0.25, -0.2) is 8.42 Å². The molecule has 1 N–H and O–H groups in total. The van der Waals surface area contributed by atoms with Gasteiger partial charge in [0.15, 0.2) is 32.8 Å². The first-order chi connectivity index (χ1) is 15.8. The molecule has 2 atom stereocenters. The number of hydrogen-bond donors (Lipinski definition) is 1. The Morgan fingerprint density at radius 1 is 0.848 bits per heavy atom. The zero-order valence-electron chi connectivity index (χ0n) is 19.4. The Morgan fingerprint density at radius 3 is 1.76 bits per heavy atom. The first-order valence-corrected chi connectivity index (χ1v) is 12.3. The van der Waals surface area contributed by atoms with Crippen molar-refractivity contribution in [1.82, 2.24) is 0 Å². The van der Waals surface area contributed by atoms with Gasteiger partial charge >= 0.3 is 0 Å². The highest BCUT2D eigenvalue weighted by atomic mass is 32.2. The lowest BCUT2D eigenvalue weighted by atomic mass is 10.0. The SMILES string of the molecule is COc1cc([C@@H]2CC[C@@H](c3cc(OC)c(OCCO)c(S(C)(=O)=O)c3)O2)cc(OC)c1OC. The number of aliphatic hydroxyl groups is 1. The third kappa shape index (κ3) is 5.29. The number of methoxy groups -OCH3 is 4. The molecule has 2 aromatic carbocycles. The van der Waals surface area contributed by atoms with Crippen LogP contribution in [-0.4, -0.2) is 61.4 Å². The van der Waals surface area contributed by atoms with E-state index in [1.165, 1.54) is 7.11 Å². The van der Waals surface area contributed by atoms with Gasteiger partial charge in [-0.1, -0.05) is 0 Å². The van der Waals surface area contributed by atoms with Gasteiger partial charge in [-0.3, -0.25) is 0 Å². The molecule has 1 heterocycles. The summed E-state index contributed by atoms with van der Waals surface area (Å²) in [6.07, 6.45) is 1.88. The quantitative estimate of drug-likeness (QED) is 0.546. The molecule has 3 rings (SSSR count). The van der Waals surface area contributed by atoms with E-state index in [1.54, 1.807) is 33.5 Å². The molecule has 1 aliphatic rings. The van der Waals surface area contributed by atoms with Crippen LogP contribution in [0, 0.1) is 0 Å². The molecule has 9 nitrogen and oxygen atoms in total. The predicted molar refractivity (Wildman–Crippen MR) is 121 cm³/mol. The van der Waals surface area contributed by atoms with Crippen molar-refractivity contribution in [3.8, 4) is 28.7 Å². The lowest BCUT2D eigenvalue weighted by molar-refractivity contribution is 0.0435. The molecule has 0 unspecified atom stereocenters. The lowest BCUT2D eigenvalue weighted by Crippen LogP contribution is -2.10. The molecule has 2 aromatic rings. The number of rotatable bonds is 10. The second-order valence-electron chi connectivity index (χ2n) is 7.54. The minimum absolute atomic E-state index is 0.00913. The number of ether oxygens (including phenoxy) is 6. The Bertz CT molecular complexity index is 1060. The minimum Gasteiger partial charge on any atom is -0.493 e. The van der Waals surface area contributed by atoms with Crippen molar-refractivity contribution >= 4 is 9.84 Å². The van der Waals surface area contributed by atoms with E-state index in [0.717, 1.165) is 11.8 Å². The normalized spacial score (nSPS) is 18.1. The molecular formula is C23H30O9S. The third-order valence-corrected chi connectivity index (χ3v) is 6.55. The number of benzene rings is 2. The fourth-order valence-corrected chi connectivity index (χ4v) is 4.76. The monoisotopic (exact) mass is 482 g/mol. The van der Waals surface area contributed by atoms with Crippen LogP contribution in [0.15, 0.2) is 29.2 Å². The molecule has 1 saturated heterocycles. The maximum atomic E-state index is 12.5. The van der Waals surface area contributed by atoms with Crippen LogP contribution in [0.5, 0.6) is 28.7 Å². The van der Waals surface area contributed by atoms with Crippen molar-refractivity contribution in [2.24, 2.45) is 0 Å². The smallest absolute Gasteiger partial charge is 0.203 e. The summed E-state index contributed by atoms with van der Waals surface area (Å²) in [7, 11) is 2.46. The standard InChI is InChI=1S/C23H30O9S/c1-27-18-10-14(11-19(28-2)22(18)30-4)16-6-7-17(32-16)15-12-20(29-3)23(31-9-8-24)21(13-15)33(5,25)26/h10-13,16-17,24H,6-9H2,1-5H3/t16-,17-/m0/s1. The van der Waals surface area contributed by atoms with Crippen LogP contribution in [0.25, 0.3) is 0 Å². The van der Waals surface area contributed by atoms with E-state index < -0.39 is 9.84 Å². The van der Waals surface area contributed by atoms with Crippen molar-refractivity contribution in [2.45, 2.75) is 29.9 Å². The van der Waals surface area contributed by atoms with Crippen LogP contribution in [-0.2, 0) is 14.6 Å². The molecule has 0 radical (unpaired) electrons. The topological polar surface area (TPSA) is 110 Å². The highest BCUT2D eigenvalue weighted by Gasteiger charge is 2.32. The summed E-state index contributed by atoms with van der Waals surface area (Å²) >= 11 is 0. The summed E-state index contributed by atoms with van der Waals surface area (Å²) in [6, 6.07) is 6.96. The van der Waals surface area contributed by atoms with Crippen molar-refractivity contribution in [3.63, 3.8) is 0 Å². The van der Waals surface area contributed by atoms with E-state index in [9.17, 15) is 8.42 Å². The van der Waals surface area contributed by atoms with Gasteiger partial charge < -0.3 is 33.5 Å². The number of sulfone groups is 1. The zero-order chi connectivity index (χ0) is 24.2. The fraction of sp³-hybridized carbons (Fsp3) is 0.478. The van der Waals surface area contributed by atoms with Crippen molar-refractivity contribution in [1.29, 1.82) is 0 Å². The largest absolute Gasteiger partial charge is 0.493 e. The molecule has 0 amide bonds. The van der Waals surface area contributed by atoms with Crippen LogP contribution in [0.4, 0.5) is 0 Å².